The number of methoxy groups -OCH3 is 1. The molecule has 1 unspecified atom stereocenters. The number of hydrogen-bond acceptors (Lipinski definition) is 3. The van der Waals surface area contributed by atoms with Crippen LogP contribution in [0.15, 0.2) is 11.6 Å². The van der Waals surface area contributed by atoms with Crippen molar-refractivity contribution in [2.24, 2.45) is 34.5 Å². The number of ketones is 1. The Morgan fingerprint density at radius 2 is 1.96 bits per heavy atom. The average Bonchev–Trinajstić information content (AvgIpc) is 2.85. The molecule has 0 spiro atoms. The molecule has 0 aromatic carbocycles. The number of fused-ring (bicyclic) bond motifs is 5. The molecule has 0 amide bonds. The number of carbonyl (C=O) groups is 2. The lowest BCUT2D eigenvalue weighted by Crippen LogP contribution is -2.49. The highest BCUT2D eigenvalue weighted by Crippen LogP contribution is 2.64. The van der Waals surface area contributed by atoms with Crippen LogP contribution in [0, 0.1) is 34.5 Å². The smallest absolute Gasteiger partial charge is 0.316 e. The molecule has 0 heterocycles. The van der Waals surface area contributed by atoms with Crippen molar-refractivity contribution in [2.75, 3.05) is 7.11 Å². The molecule has 3 fully saturated rings. The van der Waals surface area contributed by atoms with Crippen LogP contribution in [-0.2, 0) is 14.3 Å². The summed E-state index contributed by atoms with van der Waals surface area (Å²) in [6.45, 7) is 4.60. The first kappa shape index (κ1) is 16.4. The second-order valence-corrected chi connectivity index (χ2v) is 9.10. The second-order valence-electron chi connectivity index (χ2n) is 9.10. The van der Waals surface area contributed by atoms with E-state index in [1.54, 1.807) is 5.57 Å². The largest absolute Gasteiger partial charge is 0.468 e. The van der Waals surface area contributed by atoms with Gasteiger partial charge in [0.2, 0.25) is 0 Å². The summed E-state index contributed by atoms with van der Waals surface area (Å²) in [5.41, 5.74) is 1.72. The fraction of sp³-hybridized carbons (Fsp3) is 0.810. The van der Waals surface area contributed by atoms with Crippen LogP contribution in [0.1, 0.15) is 65.2 Å². The molecule has 132 valence electrons. The van der Waals surface area contributed by atoms with Gasteiger partial charge in [0.25, 0.3) is 0 Å². The summed E-state index contributed by atoms with van der Waals surface area (Å²) < 4.78 is 4.93. The number of esters is 1. The molecule has 4 aliphatic carbocycles. The van der Waals surface area contributed by atoms with E-state index in [0.29, 0.717) is 29.6 Å². The molecule has 24 heavy (non-hydrogen) atoms. The van der Waals surface area contributed by atoms with Crippen molar-refractivity contribution in [1.29, 1.82) is 0 Å². The number of carbonyl (C=O) groups excluding carboxylic acids is 2. The Balaban J connectivity index is 1.68. The molecule has 0 saturated heterocycles. The first-order chi connectivity index (χ1) is 11.4. The molecule has 4 aliphatic rings. The number of Topliss-reactive ketones (excluding diaryl/α,β-unsaturated/α-hetero) is 1. The summed E-state index contributed by atoms with van der Waals surface area (Å²) in [5, 5.41) is 0. The molecule has 0 bridgehead atoms. The maximum absolute atomic E-state index is 13.0. The number of rotatable bonds is 1. The fourth-order valence-corrected chi connectivity index (χ4v) is 6.86. The Hall–Kier alpha value is -1.12. The Morgan fingerprint density at radius 3 is 2.71 bits per heavy atom. The standard InChI is InChI=1S/C21H30O3/c1-20-10-5-4-6-13(20)7-8-14-16(20)9-11-21(2)17(14)12-15(18(21)22)19(23)24-3/h7,14-17H,4-6,8-12H2,1-3H3/t14-,15?,16+,17+,20+,21+/m1/s1. The minimum absolute atomic E-state index is 0.154. The van der Waals surface area contributed by atoms with E-state index in [1.807, 2.05) is 0 Å². The van der Waals surface area contributed by atoms with Crippen molar-refractivity contribution in [1.82, 2.24) is 0 Å². The highest BCUT2D eigenvalue weighted by Gasteiger charge is 2.62. The van der Waals surface area contributed by atoms with Crippen molar-refractivity contribution in [2.45, 2.75) is 65.2 Å². The molecule has 4 rings (SSSR count). The zero-order chi connectivity index (χ0) is 17.1. The van der Waals surface area contributed by atoms with E-state index < -0.39 is 5.92 Å². The molecule has 3 saturated carbocycles. The molecule has 0 radical (unpaired) electrons. The minimum atomic E-state index is -0.520. The fourth-order valence-electron chi connectivity index (χ4n) is 6.86. The first-order valence-electron chi connectivity index (χ1n) is 9.73. The Labute approximate surface area is 145 Å². The average molecular weight is 330 g/mol. The van der Waals surface area contributed by atoms with E-state index in [9.17, 15) is 9.59 Å². The lowest BCUT2D eigenvalue weighted by molar-refractivity contribution is -0.150. The van der Waals surface area contributed by atoms with Gasteiger partial charge in [0.1, 0.15) is 5.92 Å². The molecule has 3 heteroatoms. The van der Waals surface area contributed by atoms with Crippen LogP contribution in [0.5, 0.6) is 0 Å². The van der Waals surface area contributed by atoms with Gasteiger partial charge in [0, 0.05) is 5.41 Å². The second kappa shape index (κ2) is 5.44. The van der Waals surface area contributed by atoms with E-state index in [4.69, 9.17) is 4.74 Å². The van der Waals surface area contributed by atoms with Gasteiger partial charge in [0.05, 0.1) is 7.11 Å². The quantitative estimate of drug-likeness (QED) is 0.409. The molecule has 6 atom stereocenters. The van der Waals surface area contributed by atoms with Gasteiger partial charge in [-0.3, -0.25) is 9.59 Å². The summed E-state index contributed by atoms with van der Waals surface area (Å²) in [4.78, 5) is 25.1. The van der Waals surface area contributed by atoms with Gasteiger partial charge < -0.3 is 4.74 Å². The van der Waals surface area contributed by atoms with Crippen molar-refractivity contribution >= 4 is 11.8 Å². The zero-order valence-electron chi connectivity index (χ0n) is 15.3. The third kappa shape index (κ3) is 2.02. The number of ether oxygens (including phenoxy) is 1. The molecular formula is C21H30O3. The third-order valence-electron chi connectivity index (χ3n) is 8.26. The Morgan fingerprint density at radius 1 is 1.17 bits per heavy atom. The van der Waals surface area contributed by atoms with Crippen LogP contribution >= 0.6 is 0 Å². The summed E-state index contributed by atoms with van der Waals surface area (Å²) in [7, 11) is 1.40. The van der Waals surface area contributed by atoms with Gasteiger partial charge in [-0.1, -0.05) is 31.9 Å². The lowest BCUT2D eigenvalue weighted by atomic mass is 9.48. The molecule has 0 aromatic rings. The third-order valence-corrected chi connectivity index (χ3v) is 8.26. The summed E-state index contributed by atoms with van der Waals surface area (Å²) >= 11 is 0. The predicted octanol–water partition coefficient (Wildman–Crippen LogP) is 4.31. The van der Waals surface area contributed by atoms with E-state index in [0.717, 1.165) is 19.3 Å². The maximum atomic E-state index is 13.0. The van der Waals surface area contributed by atoms with Crippen LogP contribution in [0.2, 0.25) is 0 Å². The maximum Gasteiger partial charge on any atom is 0.316 e. The van der Waals surface area contributed by atoms with Crippen molar-refractivity contribution < 1.29 is 14.3 Å². The van der Waals surface area contributed by atoms with Gasteiger partial charge in [-0.05, 0) is 68.1 Å². The molecular weight excluding hydrogens is 300 g/mol. The van der Waals surface area contributed by atoms with Gasteiger partial charge in [-0.2, -0.15) is 0 Å². The first-order valence-corrected chi connectivity index (χ1v) is 9.73. The molecule has 0 N–H and O–H groups in total. The van der Waals surface area contributed by atoms with Gasteiger partial charge in [-0.15, -0.1) is 0 Å². The number of hydrogen-bond donors (Lipinski definition) is 0. The SMILES string of the molecule is COC(=O)C1C[C@H]2[C@@H]3CC=C4CCCC[C@]4(C)[C@H]3CC[C@]2(C)C1=O. The van der Waals surface area contributed by atoms with Crippen molar-refractivity contribution in [3.63, 3.8) is 0 Å². The van der Waals surface area contributed by atoms with E-state index in [-0.39, 0.29) is 17.2 Å². The predicted molar refractivity (Wildman–Crippen MR) is 92.2 cm³/mol. The van der Waals surface area contributed by atoms with Gasteiger partial charge in [0.15, 0.2) is 5.78 Å². The van der Waals surface area contributed by atoms with Crippen molar-refractivity contribution in [3.8, 4) is 0 Å². The molecule has 3 nitrogen and oxygen atoms in total. The molecule has 0 aromatic heterocycles. The van der Waals surface area contributed by atoms with Crippen LogP contribution in [0.25, 0.3) is 0 Å². The van der Waals surface area contributed by atoms with E-state index >= 15 is 0 Å². The Bertz CT molecular complexity index is 606. The van der Waals surface area contributed by atoms with Gasteiger partial charge >= 0.3 is 5.97 Å². The lowest BCUT2D eigenvalue weighted by Gasteiger charge is -2.56. The van der Waals surface area contributed by atoms with Crippen molar-refractivity contribution in [3.05, 3.63) is 11.6 Å². The monoisotopic (exact) mass is 330 g/mol. The normalized spacial score (nSPS) is 47.3. The molecule has 0 aliphatic heterocycles. The summed E-state index contributed by atoms with van der Waals surface area (Å²) in [6.07, 6.45) is 11.7. The number of allylic oxidation sites excluding steroid dienone is 2. The summed E-state index contributed by atoms with van der Waals surface area (Å²) in [5.74, 6) is 0.927. The minimum Gasteiger partial charge on any atom is -0.468 e. The van der Waals surface area contributed by atoms with Crippen LogP contribution < -0.4 is 0 Å². The van der Waals surface area contributed by atoms with Crippen LogP contribution in [-0.4, -0.2) is 18.9 Å². The topological polar surface area (TPSA) is 43.4 Å². The summed E-state index contributed by atoms with van der Waals surface area (Å²) in [6, 6.07) is 0. The van der Waals surface area contributed by atoms with Gasteiger partial charge in [-0.25, -0.2) is 0 Å². The van der Waals surface area contributed by atoms with Crippen LogP contribution in [0.3, 0.4) is 0 Å². The zero-order valence-corrected chi connectivity index (χ0v) is 15.3. The van der Waals surface area contributed by atoms with Crippen LogP contribution in [0.4, 0.5) is 0 Å². The Kier molecular flexibility index (Phi) is 3.71. The highest BCUT2D eigenvalue weighted by atomic mass is 16.5. The van der Waals surface area contributed by atoms with E-state index in [1.165, 1.54) is 32.8 Å². The highest BCUT2D eigenvalue weighted by molar-refractivity contribution is 6.03. The van der Waals surface area contributed by atoms with E-state index in [2.05, 4.69) is 19.9 Å².